The minimum absolute atomic E-state index is 0.643. The van der Waals surface area contributed by atoms with Crippen LogP contribution in [0.5, 0.6) is 5.75 Å². The van der Waals surface area contributed by atoms with Gasteiger partial charge in [-0.2, -0.15) is 0 Å². The zero-order chi connectivity index (χ0) is 18.8. The van der Waals surface area contributed by atoms with Crippen LogP contribution in [-0.2, 0) is 0 Å². The van der Waals surface area contributed by atoms with Gasteiger partial charge in [0, 0.05) is 29.0 Å². The molecule has 0 unspecified atom stereocenters. The highest BCUT2D eigenvalue weighted by Gasteiger charge is 2.08. The monoisotopic (exact) mass is 379 g/mol. The summed E-state index contributed by atoms with van der Waals surface area (Å²) in [6.07, 6.45) is 2.68. The molecule has 27 heavy (non-hydrogen) atoms. The maximum Gasteiger partial charge on any atom is 0.138 e. The smallest absolute Gasteiger partial charge is 0.138 e. The van der Waals surface area contributed by atoms with Crippen molar-refractivity contribution in [3.8, 4) is 16.9 Å². The van der Waals surface area contributed by atoms with E-state index in [1.165, 1.54) is 0 Å². The molecule has 0 fully saturated rings. The molecule has 2 aromatic heterocycles. The van der Waals surface area contributed by atoms with Gasteiger partial charge in [0.05, 0.1) is 11.6 Å². The zero-order valence-electron chi connectivity index (χ0n) is 15.5. The van der Waals surface area contributed by atoms with Crippen LogP contribution in [0.25, 0.3) is 33.1 Å². The van der Waals surface area contributed by atoms with Crippen LogP contribution >= 0.6 is 11.6 Å². The first-order valence-electron chi connectivity index (χ1n) is 9.05. The number of halogens is 1. The lowest BCUT2D eigenvalue weighted by molar-refractivity contribution is 0.281. The highest BCUT2D eigenvalue weighted by Crippen LogP contribution is 2.31. The molecule has 0 atom stereocenters. The number of hydrogen-bond donors (Lipinski definition) is 1. The summed E-state index contributed by atoms with van der Waals surface area (Å²) in [7, 11) is 4.15. The van der Waals surface area contributed by atoms with Crippen molar-refractivity contribution < 1.29 is 4.74 Å². The molecule has 138 valence electrons. The number of H-pyrrole nitrogens is 1. The third-order valence-corrected chi connectivity index (χ3v) is 4.83. The molecule has 1 N–H and O–H groups in total. The number of aromatic amines is 1. The molecular formula is C22H22ClN3O. The lowest BCUT2D eigenvalue weighted by atomic mass is 10.0. The van der Waals surface area contributed by atoms with E-state index in [2.05, 4.69) is 59.3 Å². The summed E-state index contributed by atoms with van der Waals surface area (Å²) in [4.78, 5) is 9.87. The Morgan fingerprint density at radius 2 is 1.78 bits per heavy atom. The van der Waals surface area contributed by atoms with Crippen LogP contribution in [0.4, 0.5) is 0 Å². The van der Waals surface area contributed by atoms with Gasteiger partial charge in [0.1, 0.15) is 11.4 Å². The van der Waals surface area contributed by atoms with Crippen molar-refractivity contribution in [3.05, 3.63) is 59.8 Å². The van der Waals surface area contributed by atoms with E-state index < -0.39 is 0 Å². The van der Waals surface area contributed by atoms with Crippen molar-refractivity contribution in [1.29, 1.82) is 0 Å². The van der Waals surface area contributed by atoms with Crippen LogP contribution < -0.4 is 4.74 Å². The minimum Gasteiger partial charge on any atom is -0.494 e. The molecule has 2 heterocycles. The summed E-state index contributed by atoms with van der Waals surface area (Å²) in [6, 6.07) is 16.6. The summed E-state index contributed by atoms with van der Waals surface area (Å²) < 4.78 is 5.82. The van der Waals surface area contributed by atoms with Crippen molar-refractivity contribution in [3.63, 3.8) is 0 Å². The predicted molar refractivity (Wildman–Crippen MR) is 113 cm³/mol. The molecular weight excluding hydrogens is 358 g/mol. The predicted octanol–water partition coefficient (Wildman–Crippen LogP) is 5.37. The van der Waals surface area contributed by atoms with E-state index in [0.29, 0.717) is 5.02 Å². The quantitative estimate of drug-likeness (QED) is 0.458. The molecule has 0 saturated heterocycles. The lowest BCUT2D eigenvalue weighted by Crippen LogP contribution is -2.15. The van der Waals surface area contributed by atoms with Gasteiger partial charge in [0.2, 0.25) is 0 Å². The normalized spacial score (nSPS) is 11.6. The van der Waals surface area contributed by atoms with Crippen LogP contribution in [0.3, 0.4) is 0 Å². The molecule has 0 bridgehead atoms. The highest BCUT2D eigenvalue weighted by molar-refractivity contribution is 6.31. The van der Waals surface area contributed by atoms with Crippen LogP contribution in [0.15, 0.2) is 54.7 Å². The number of rotatable bonds is 6. The molecule has 0 aliphatic rings. The van der Waals surface area contributed by atoms with Gasteiger partial charge in [-0.25, -0.2) is 4.98 Å². The second kappa shape index (κ2) is 7.59. The average molecular weight is 380 g/mol. The second-order valence-corrected chi connectivity index (χ2v) is 7.40. The number of nitrogens with zero attached hydrogens (tertiary/aromatic N) is 2. The molecule has 5 heteroatoms. The maximum absolute atomic E-state index is 6.13. The van der Waals surface area contributed by atoms with E-state index in [9.17, 15) is 0 Å². The Hall–Kier alpha value is -2.56. The third kappa shape index (κ3) is 3.92. The van der Waals surface area contributed by atoms with E-state index in [1.807, 2.05) is 18.2 Å². The third-order valence-electron chi connectivity index (χ3n) is 4.62. The summed E-state index contributed by atoms with van der Waals surface area (Å²) in [5, 5.41) is 2.81. The molecule has 4 rings (SSSR count). The number of hydrogen-bond acceptors (Lipinski definition) is 3. The van der Waals surface area contributed by atoms with Gasteiger partial charge in [0.15, 0.2) is 0 Å². The number of benzene rings is 2. The summed E-state index contributed by atoms with van der Waals surface area (Å²) >= 11 is 6.13. The van der Waals surface area contributed by atoms with E-state index >= 15 is 0 Å². The number of nitrogens with one attached hydrogen (secondary N) is 1. The summed E-state index contributed by atoms with van der Waals surface area (Å²) in [5.41, 5.74) is 4.22. The molecule has 0 amide bonds. The Bertz CT molecular complexity index is 1070. The van der Waals surface area contributed by atoms with Crippen molar-refractivity contribution in [2.24, 2.45) is 0 Å². The van der Waals surface area contributed by atoms with Crippen LogP contribution in [0, 0.1) is 0 Å². The molecule has 0 saturated carbocycles. The van der Waals surface area contributed by atoms with Crippen LogP contribution in [0.1, 0.15) is 6.42 Å². The summed E-state index contributed by atoms with van der Waals surface area (Å²) in [5.74, 6) is 0.904. The van der Waals surface area contributed by atoms with E-state index in [4.69, 9.17) is 16.3 Å². The molecule has 0 aliphatic heterocycles. The Labute approximate surface area is 163 Å². The van der Waals surface area contributed by atoms with Crippen LogP contribution in [-0.4, -0.2) is 42.1 Å². The lowest BCUT2D eigenvalue weighted by Gasteiger charge is -2.11. The van der Waals surface area contributed by atoms with Crippen LogP contribution in [0.2, 0.25) is 5.02 Å². The number of fused-ring (bicyclic) bond motifs is 3. The maximum atomic E-state index is 6.13. The van der Waals surface area contributed by atoms with E-state index in [-0.39, 0.29) is 0 Å². The van der Waals surface area contributed by atoms with Gasteiger partial charge in [-0.3, -0.25) is 0 Å². The van der Waals surface area contributed by atoms with Crippen molar-refractivity contribution >= 4 is 33.5 Å². The Kier molecular flexibility index (Phi) is 5.01. The highest BCUT2D eigenvalue weighted by atomic mass is 35.5. The molecule has 0 radical (unpaired) electrons. The minimum atomic E-state index is 0.643. The fourth-order valence-corrected chi connectivity index (χ4v) is 3.40. The largest absolute Gasteiger partial charge is 0.494 e. The molecule has 0 spiro atoms. The number of ether oxygens (including phenoxy) is 1. The standard InChI is InChI=1S/C22H22ClN3O/c1-26(2)10-3-11-27-18-7-4-15(5-8-18)16-6-9-21-19(12-16)20-13-17(23)14-24-22(20)25-21/h4-9,12-14H,3,10-11H2,1-2H3,(H,24,25). The van der Waals surface area contributed by atoms with Gasteiger partial charge in [-0.1, -0.05) is 29.8 Å². The fraction of sp³-hybridized carbons (Fsp3) is 0.227. The van der Waals surface area contributed by atoms with Gasteiger partial charge in [-0.05, 0) is 62.0 Å². The summed E-state index contributed by atoms with van der Waals surface area (Å²) in [6.45, 7) is 1.76. The Morgan fingerprint density at radius 3 is 2.56 bits per heavy atom. The van der Waals surface area contributed by atoms with Gasteiger partial charge in [-0.15, -0.1) is 0 Å². The Morgan fingerprint density at radius 1 is 1.00 bits per heavy atom. The first-order chi connectivity index (χ1) is 13.1. The molecule has 0 aliphatic carbocycles. The first kappa shape index (κ1) is 17.8. The Balaban J connectivity index is 1.56. The fourth-order valence-electron chi connectivity index (χ4n) is 3.24. The van der Waals surface area contributed by atoms with Crippen molar-refractivity contribution in [2.45, 2.75) is 6.42 Å². The van der Waals surface area contributed by atoms with E-state index in [1.54, 1.807) is 6.20 Å². The molecule has 4 aromatic rings. The first-order valence-corrected chi connectivity index (χ1v) is 9.43. The SMILES string of the molecule is CN(C)CCCOc1ccc(-c2ccc3[nH]c4ncc(Cl)cc4c3c2)cc1. The second-order valence-electron chi connectivity index (χ2n) is 6.96. The van der Waals surface area contributed by atoms with Crippen molar-refractivity contribution in [2.75, 3.05) is 27.2 Å². The zero-order valence-corrected chi connectivity index (χ0v) is 16.3. The van der Waals surface area contributed by atoms with Gasteiger partial charge >= 0.3 is 0 Å². The number of aromatic nitrogens is 2. The number of pyridine rings is 1. The van der Waals surface area contributed by atoms with Crippen molar-refractivity contribution in [1.82, 2.24) is 14.9 Å². The topological polar surface area (TPSA) is 41.1 Å². The van der Waals surface area contributed by atoms with Gasteiger partial charge in [0.25, 0.3) is 0 Å². The van der Waals surface area contributed by atoms with E-state index in [0.717, 1.165) is 58.4 Å². The van der Waals surface area contributed by atoms with Gasteiger partial charge < -0.3 is 14.6 Å². The average Bonchev–Trinajstić information content (AvgIpc) is 3.03. The molecule has 2 aromatic carbocycles. The molecule has 4 nitrogen and oxygen atoms in total.